The number of rotatable bonds is 5. The normalized spacial score (nSPS) is 11.6. The van der Waals surface area contributed by atoms with E-state index in [9.17, 15) is 4.79 Å². The molecule has 0 N–H and O–H groups in total. The van der Waals surface area contributed by atoms with E-state index in [4.69, 9.17) is 9.47 Å². The van der Waals surface area contributed by atoms with Gasteiger partial charge >= 0.3 is 0 Å². The Kier molecular flexibility index (Phi) is 5.46. The van der Waals surface area contributed by atoms with Crippen LogP contribution in [0.3, 0.4) is 0 Å². The van der Waals surface area contributed by atoms with Gasteiger partial charge in [-0.3, -0.25) is 4.79 Å². The highest BCUT2D eigenvalue weighted by atomic mass is 32.1. The van der Waals surface area contributed by atoms with E-state index in [0.717, 1.165) is 15.8 Å². The van der Waals surface area contributed by atoms with Crippen LogP contribution in [0.1, 0.15) is 21.5 Å². The molecule has 3 aromatic rings. The molecular formula is C21H22N2O3S. The zero-order chi connectivity index (χ0) is 19.6. The third-order valence-corrected chi connectivity index (χ3v) is 5.28. The van der Waals surface area contributed by atoms with E-state index in [1.165, 1.54) is 16.9 Å². The third kappa shape index (κ3) is 3.66. The molecule has 0 unspecified atom stereocenters. The first-order valence-electron chi connectivity index (χ1n) is 8.51. The lowest BCUT2D eigenvalue weighted by atomic mass is 10.1. The van der Waals surface area contributed by atoms with Crippen molar-refractivity contribution in [3.63, 3.8) is 0 Å². The molecule has 1 heterocycles. The van der Waals surface area contributed by atoms with Crippen molar-refractivity contribution in [1.29, 1.82) is 0 Å². The second kappa shape index (κ2) is 7.80. The van der Waals surface area contributed by atoms with Gasteiger partial charge in [-0.05, 0) is 49.2 Å². The second-order valence-corrected chi connectivity index (χ2v) is 7.21. The predicted molar refractivity (Wildman–Crippen MR) is 109 cm³/mol. The van der Waals surface area contributed by atoms with E-state index in [-0.39, 0.29) is 5.91 Å². The summed E-state index contributed by atoms with van der Waals surface area (Å²) in [5, 5.41) is 0. The minimum atomic E-state index is -0.324. The number of benzene rings is 2. The minimum Gasteiger partial charge on any atom is -0.493 e. The van der Waals surface area contributed by atoms with Gasteiger partial charge in [-0.1, -0.05) is 23.5 Å². The second-order valence-electron chi connectivity index (χ2n) is 6.20. The summed E-state index contributed by atoms with van der Waals surface area (Å²) in [5.41, 5.74) is 3.88. The summed E-state index contributed by atoms with van der Waals surface area (Å²) >= 11 is 1.50. The number of ether oxygens (including phenoxy) is 2. The first kappa shape index (κ1) is 18.9. The molecule has 5 nitrogen and oxygen atoms in total. The third-order valence-electron chi connectivity index (χ3n) is 4.25. The zero-order valence-corrected chi connectivity index (χ0v) is 16.7. The Hall–Kier alpha value is -2.86. The number of carbonyl (C=O) groups is 1. The van der Waals surface area contributed by atoms with Gasteiger partial charge in [-0.25, -0.2) is 0 Å². The van der Waals surface area contributed by atoms with Crippen molar-refractivity contribution in [1.82, 2.24) is 4.57 Å². The van der Waals surface area contributed by atoms with Crippen LogP contribution >= 0.6 is 11.3 Å². The largest absolute Gasteiger partial charge is 0.493 e. The zero-order valence-electron chi connectivity index (χ0n) is 15.9. The number of thiazole rings is 1. The molecule has 1 aromatic heterocycles. The predicted octanol–water partition coefficient (Wildman–Crippen LogP) is 4.26. The first-order valence-corrected chi connectivity index (χ1v) is 9.32. The lowest BCUT2D eigenvalue weighted by Crippen LogP contribution is -2.16. The number of amides is 1. The molecule has 27 heavy (non-hydrogen) atoms. The molecule has 1 amide bonds. The maximum atomic E-state index is 12.8. The lowest BCUT2D eigenvalue weighted by Gasteiger charge is -2.08. The van der Waals surface area contributed by atoms with Crippen molar-refractivity contribution in [2.75, 3.05) is 14.2 Å². The first-order chi connectivity index (χ1) is 13.0. The molecule has 0 aliphatic heterocycles. The number of fused-ring (bicyclic) bond motifs is 1. The van der Waals surface area contributed by atoms with Gasteiger partial charge in [0, 0.05) is 12.1 Å². The molecule has 0 aliphatic carbocycles. The molecule has 0 aliphatic rings. The fourth-order valence-electron chi connectivity index (χ4n) is 3.10. The van der Waals surface area contributed by atoms with Crippen molar-refractivity contribution >= 4 is 27.5 Å². The van der Waals surface area contributed by atoms with Crippen LogP contribution in [0.25, 0.3) is 10.2 Å². The van der Waals surface area contributed by atoms with Crippen molar-refractivity contribution in [2.45, 2.75) is 20.4 Å². The summed E-state index contributed by atoms with van der Waals surface area (Å²) in [6.07, 6.45) is 1.81. The van der Waals surface area contributed by atoms with Crippen LogP contribution < -0.4 is 14.3 Å². The van der Waals surface area contributed by atoms with Gasteiger partial charge in [-0.15, -0.1) is 6.58 Å². The molecule has 140 valence electrons. The average molecular weight is 382 g/mol. The van der Waals surface area contributed by atoms with E-state index in [2.05, 4.69) is 37.6 Å². The molecule has 0 atom stereocenters. The highest BCUT2D eigenvalue weighted by molar-refractivity contribution is 7.16. The maximum Gasteiger partial charge on any atom is 0.279 e. The Bertz CT molecular complexity index is 1090. The van der Waals surface area contributed by atoms with Gasteiger partial charge in [-0.2, -0.15) is 4.99 Å². The van der Waals surface area contributed by atoms with E-state index in [1.54, 1.807) is 32.4 Å². The standard InChI is InChI=1S/C21H22N2O3S/c1-6-9-23-19-14(3)10-13(2)11-18(19)27-21(23)22-20(24)15-7-8-16(25-4)17(12-15)26-5/h6-8,10-12H,1,9H2,2-5H3. The number of aromatic nitrogens is 1. The number of methoxy groups -OCH3 is 2. The molecule has 0 spiro atoms. The highest BCUT2D eigenvalue weighted by Crippen LogP contribution is 2.28. The Labute approximate surface area is 162 Å². The Morgan fingerprint density at radius 2 is 1.93 bits per heavy atom. The van der Waals surface area contributed by atoms with Gasteiger partial charge in [0.15, 0.2) is 16.3 Å². The summed E-state index contributed by atoms with van der Waals surface area (Å²) in [5.74, 6) is 0.749. The van der Waals surface area contributed by atoms with Crippen molar-refractivity contribution in [3.05, 3.63) is 64.5 Å². The smallest absolute Gasteiger partial charge is 0.279 e. The van der Waals surface area contributed by atoms with Gasteiger partial charge in [0.05, 0.1) is 24.4 Å². The van der Waals surface area contributed by atoms with E-state index >= 15 is 0 Å². The number of aryl methyl sites for hydroxylation is 2. The number of allylic oxidation sites excluding steroid dienone is 1. The minimum absolute atomic E-state index is 0.324. The molecule has 0 saturated heterocycles. The topological polar surface area (TPSA) is 52.8 Å². The molecule has 0 saturated carbocycles. The fourth-order valence-corrected chi connectivity index (χ4v) is 4.31. The average Bonchev–Trinajstić information content (AvgIpc) is 2.98. The molecular weight excluding hydrogens is 360 g/mol. The summed E-state index contributed by atoms with van der Waals surface area (Å²) in [7, 11) is 3.10. The number of carbonyl (C=O) groups excluding carboxylic acids is 1. The number of nitrogens with zero attached hydrogens (tertiary/aromatic N) is 2. The van der Waals surface area contributed by atoms with Crippen LogP contribution in [-0.2, 0) is 6.54 Å². The van der Waals surface area contributed by atoms with Gasteiger partial charge < -0.3 is 14.0 Å². The number of hydrogen-bond donors (Lipinski definition) is 0. The lowest BCUT2D eigenvalue weighted by molar-refractivity contribution is 0.0997. The van der Waals surface area contributed by atoms with E-state index in [0.29, 0.717) is 28.4 Å². The van der Waals surface area contributed by atoms with Gasteiger partial charge in [0.2, 0.25) is 0 Å². The summed E-state index contributed by atoms with van der Waals surface area (Å²) in [4.78, 5) is 17.8. The van der Waals surface area contributed by atoms with Crippen LogP contribution in [0, 0.1) is 13.8 Å². The molecule has 0 radical (unpaired) electrons. The van der Waals surface area contributed by atoms with Crippen LogP contribution in [0.5, 0.6) is 11.5 Å². The molecule has 3 rings (SSSR count). The van der Waals surface area contributed by atoms with Crippen LogP contribution in [0.15, 0.2) is 48.0 Å². The van der Waals surface area contributed by atoms with E-state index in [1.807, 2.05) is 10.6 Å². The van der Waals surface area contributed by atoms with Crippen LogP contribution in [0.2, 0.25) is 0 Å². The van der Waals surface area contributed by atoms with Crippen LogP contribution in [0.4, 0.5) is 0 Å². The Balaban J connectivity index is 2.15. The van der Waals surface area contributed by atoms with Gasteiger partial charge in [0.25, 0.3) is 5.91 Å². The van der Waals surface area contributed by atoms with Gasteiger partial charge in [0.1, 0.15) is 0 Å². The van der Waals surface area contributed by atoms with Crippen molar-refractivity contribution in [3.8, 4) is 11.5 Å². The molecule has 0 fully saturated rings. The Morgan fingerprint density at radius 1 is 1.19 bits per heavy atom. The van der Waals surface area contributed by atoms with Crippen molar-refractivity contribution < 1.29 is 14.3 Å². The van der Waals surface area contributed by atoms with E-state index < -0.39 is 0 Å². The van der Waals surface area contributed by atoms with Crippen molar-refractivity contribution in [2.24, 2.45) is 4.99 Å². The fraction of sp³-hybridized carbons (Fsp3) is 0.238. The number of hydrogen-bond acceptors (Lipinski definition) is 4. The molecule has 6 heteroatoms. The SMILES string of the molecule is C=CCn1c(=NC(=O)c2ccc(OC)c(OC)c2)sc2cc(C)cc(C)c21. The summed E-state index contributed by atoms with van der Waals surface area (Å²) in [6, 6.07) is 9.29. The summed E-state index contributed by atoms with van der Waals surface area (Å²) in [6.45, 7) is 8.56. The quantitative estimate of drug-likeness (QED) is 0.620. The molecule has 2 aromatic carbocycles. The summed E-state index contributed by atoms with van der Waals surface area (Å²) < 4.78 is 13.6. The molecule has 0 bridgehead atoms. The monoisotopic (exact) mass is 382 g/mol. The Morgan fingerprint density at radius 3 is 2.59 bits per heavy atom. The van der Waals surface area contributed by atoms with Crippen LogP contribution in [-0.4, -0.2) is 24.7 Å². The maximum absolute atomic E-state index is 12.8. The highest BCUT2D eigenvalue weighted by Gasteiger charge is 2.13.